The minimum absolute atomic E-state index is 0.0716. The molecule has 0 atom stereocenters. The molecule has 0 unspecified atom stereocenters. The molecule has 19 heavy (non-hydrogen) atoms. The number of amides is 1. The third-order valence-electron chi connectivity index (χ3n) is 3.61. The lowest BCUT2D eigenvalue weighted by atomic mass is 10.1. The third kappa shape index (κ3) is 2.14. The number of rotatable bonds is 2. The molecule has 1 aliphatic carbocycles. The van der Waals surface area contributed by atoms with Crippen molar-refractivity contribution in [2.45, 2.75) is 26.2 Å². The summed E-state index contributed by atoms with van der Waals surface area (Å²) in [5.41, 5.74) is 4.15. The largest absolute Gasteiger partial charge is 0.307 e. The fourth-order valence-electron chi connectivity index (χ4n) is 2.56. The maximum atomic E-state index is 12.2. The van der Waals surface area contributed by atoms with Crippen LogP contribution in [-0.4, -0.2) is 15.7 Å². The lowest BCUT2D eigenvalue weighted by Gasteiger charge is -2.07. The van der Waals surface area contributed by atoms with Crippen LogP contribution in [0.4, 0.5) is 5.82 Å². The van der Waals surface area contributed by atoms with Crippen LogP contribution in [0.5, 0.6) is 0 Å². The number of benzene rings is 1. The lowest BCUT2D eigenvalue weighted by Crippen LogP contribution is -2.15. The van der Waals surface area contributed by atoms with Crippen LogP contribution >= 0.6 is 0 Å². The van der Waals surface area contributed by atoms with E-state index in [9.17, 15) is 4.79 Å². The smallest absolute Gasteiger partial charge is 0.256 e. The maximum absolute atomic E-state index is 12.2. The van der Waals surface area contributed by atoms with E-state index in [2.05, 4.69) is 10.4 Å². The van der Waals surface area contributed by atoms with Crippen LogP contribution in [0.25, 0.3) is 0 Å². The topological polar surface area (TPSA) is 46.9 Å². The fraction of sp³-hybridized carbons (Fsp3) is 0.333. The molecule has 1 aliphatic rings. The summed E-state index contributed by atoms with van der Waals surface area (Å²) in [6.07, 6.45) is 3.15. The van der Waals surface area contributed by atoms with E-state index in [-0.39, 0.29) is 5.91 Å². The zero-order valence-corrected chi connectivity index (χ0v) is 11.2. The van der Waals surface area contributed by atoms with Crippen molar-refractivity contribution in [2.24, 2.45) is 7.05 Å². The number of anilines is 1. The van der Waals surface area contributed by atoms with E-state index < -0.39 is 0 Å². The van der Waals surface area contributed by atoms with Crippen molar-refractivity contribution in [1.29, 1.82) is 0 Å². The van der Waals surface area contributed by atoms with Crippen LogP contribution < -0.4 is 5.32 Å². The SMILES string of the molecule is Cc1ccc(C(=O)Nc2c3c(nn2C)CCC3)cc1. The molecule has 0 spiro atoms. The number of aromatic nitrogens is 2. The Morgan fingerprint density at radius 1 is 1.26 bits per heavy atom. The van der Waals surface area contributed by atoms with Gasteiger partial charge in [-0.3, -0.25) is 9.48 Å². The third-order valence-corrected chi connectivity index (χ3v) is 3.61. The fourth-order valence-corrected chi connectivity index (χ4v) is 2.56. The zero-order chi connectivity index (χ0) is 13.4. The molecule has 4 heteroatoms. The molecule has 0 saturated carbocycles. The van der Waals surface area contributed by atoms with Gasteiger partial charge in [-0.15, -0.1) is 0 Å². The van der Waals surface area contributed by atoms with E-state index in [4.69, 9.17) is 0 Å². The van der Waals surface area contributed by atoms with Gasteiger partial charge < -0.3 is 5.32 Å². The second-order valence-corrected chi connectivity index (χ2v) is 5.07. The molecule has 1 aromatic heterocycles. The summed E-state index contributed by atoms with van der Waals surface area (Å²) in [5, 5.41) is 7.44. The number of nitrogens with one attached hydrogen (secondary N) is 1. The Morgan fingerprint density at radius 3 is 2.74 bits per heavy atom. The van der Waals surface area contributed by atoms with Crippen molar-refractivity contribution in [3.8, 4) is 0 Å². The van der Waals surface area contributed by atoms with Crippen LogP contribution in [0.3, 0.4) is 0 Å². The highest BCUT2D eigenvalue weighted by atomic mass is 16.1. The maximum Gasteiger partial charge on any atom is 0.256 e. The Balaban J connectivity index is 1.85. The van der Waals surface area contributed by atoms with Crippen molar-refractivity contribution >= 4 is 11.7 Å². The van der Waals surface area contributed by atoms with Crippen molar-refractivity contribution in [2.75, 3.05) is 5.32 Å². The Hall–Kier alpha value is -2.10. The number of hydrogen-bond acceptors (Lipinski definition) is 2. The first-order valence-corrected chi connectivity index (χ1v) is 6.58. The van der Waals surface area contributed by atoms with Gasteiger partial charge in [0.15, 0.2) is 0 Å². The molecule has 0 bridgehead atoms. The van der Waals surface area contributed by atoms with Crippen LogP contribution in [0.15, 0.2) is 24.3 Å². The first kappa shape index (κ1) is 12.0. The molecule has 0 fully saturated rings. The molecule has 4 nitrogen and oxygen atoms in total. The van der Waals surface area contributed by atoms with Crippen molar-refractivity contribution in [1.82, 2.24) is 9.78 Å². The molecule has 98 valence electrons. The number of aryl methyl sites for hydroxylation is 3. The Labute approximate surface area is 112 Å². The normalized spacial score (nSPS) is 13.4. The van der Waals surface area contributed by atoms with Crippen LogP contribution in [0.1, 0.15) is 33.6 Å². The highest BCUT2D eigenvalue weighted by Crippen LogP contribution is 2.28. The van der Waals surface area contributed by atoms with E-state index in [0.717, 1.165) is 36.3 Å². The summed E-state index contributed by atoms with van der Waals surface area (Å²) in [7, 11) is 1.88. The van der Waals surface area contributed by atoms with Gasteiger partial charge in [0.25, 0.3) is 5.91 Å². The number of nitrogens with zero attached hydrogens (tertiary/aromatic N) is 2. The Kier molecular flexibility index (Phi) is 2.85. The summed E-state index contributed by atoms with van der Waals surface area (Å²) in [4.78, 5) is 12.2. The van der Waals surface area contributed by atoms with Gasteiger partial charge in [0.05, 0.1) is 5.69 Å². The number of fused-ring (bicyclic) bond motifs is 1. The van der Waals surface area contributed by atoms with Crippen LogP contribution in [0, 0.1) is 6.92 Å². The van der Waals surface area contributed by atoms with Gasteiger partial charge in [-0.2, -0.15) is 5.10 Å². The lowest BCUT2D eigenvalue weighted by molar-refractivity contribution is 0.102. The highest BCUT2D eigenvalue weighted by Gasteiger charge is 2.22. The Bertz CT molecular complexity index is 626. The van der Waals surface area contributed by atoms with Gasteiger partial charge >= 0.3 is 0 Å². The number of hydrogen-bond donors (Lipinski definition) is 1. The molecule has 1 N–H and O–H groups in total. The molecule has 0 aliphatic heterocycles. The van der Waals surface area contributed by atoms with Crippen molar-refractivity contribution in [3.05, 3.63) is 46.6 Å². The number of carbonyl (C=O) groups excluding carboxylic acids is 1. The molecular formula is C15H17N3O. The van der Waals surface area contributed by atoms with Crippen molar-refractivity contribution < 1.29 is 4.79 Å². The standard InChI is InChI=1S/C15H17N3O/c1-10-6-8-11(9-7-10)15(19)16-14-12-4-3-5-13(12)17-18(14)2/h6-9H,3-5H2,1-2H3,(H,16,19). The van der Waals surface area contributed by atoms with Gasteiger partial charge in [-0.05, 0) is 38.3 Å². The zero-order valence-electron chi connectivity index (χ0n) is 11.2. The van der Waals surface area contributed by atoms with Crippen LogP contribution in [0.2, 0.25) is 0 Å². The quantitative estimate of drug-likeness (QED) is 0.896. The van der Waals surface area contributed by atoms with Crippen molar-refractivity contribution in [3.63, 3.8) is 0 Å². The number of carbonyl (C=O) groups is 1. The van der Waals surface area contributed by atoms with Crippen LogP contribution in [-0.2, 0) is 19.9 Å². The Morgan fingerprint density at radius 2 is 2.00 bits per heavy atom. The molecule has 0 radical (unpaired) electrons. The predicted molar refractivity (Wildman–Crippen MR) is 74.4 cm³/mol. The summed E-state index contributed by atoms with van der Waals surface area (Å²) in [6, 6.07) is 7.59. The van der Waals surface area contributed by atoms with Gasteiger partial charge in [-0.1, -0.05) is 17.7 Å². The highest BCUT2D eigenvalue weighted by molar-refractivity contribution is 6.04. The second kappa shape index (κ2) is 4.53. The van der Waals surface area contributed by atoms with E-state index in [1.165, 1.54) is 5.56 Å². The van der Waals surface area contributed by atoms with Gasteiger partial charge in [0.2, 0.25) is 0 Å². The summed E-state index contributed by atoms with van der Waals surface area (Å²) < 4.78 is 1.77. The van der Waals surface area contributed by atoms with E-state index in [1.807, 2.05) is 38.2 Å². The molecule has 3 rings (SSSR count). The summed E-state index contributed by atoms with van der Waals surface area (Å²) in [6.45, 7) is 2.01. The van der Waals surface area contributed by atoms with E-state index in [0.29, 0.717) is 5.56 Å². The first-order valence-electron chi connectivity index (χ1n) is 6.58. The predicted octanol–water partition coefficient (Wildman–Crippen LogP) is 2.47. The molecule has 1 heterocycles. The monoisotopic (exact) mass is 255 g/mol. The molecule has 0 saturated heterocycles. The average molecular weight is 255 g/mol. The molecule has 2 aromatic rings. The average Bonchev–Trinajstić information content (AvgIpc) is 2.94. The molecule has 1 amide bonds. The minimum Gasteiger partial charge on any atom is -0.307 e. The molecular weight excluding hydrogens is 238 g/mol. The van der Waals surface area contributed by atoms with Gasteiger partial charge in [0, 0.05) is 18.2 Å². The minimum atomic E-state index is -0.0716. The summed E-state index contributed by atoms with van der Waals surface area (Å²) in [5.74, 6) is 0.774. The molecule has 1 aromatic carbocycles. The first-order chi connectivity index (χ1) is 9.15. The summed E-state index contributed by atoms with van der Waals surface area (Å²) >= 11 is 0. The van der Waals surface area contributed by atoms with Gasteiger partial charge in [0.1, 0.15) is 5.82 Å². The second-order valence-electron chi connectivity index (χ2n) is 5.07. The van der Waals surface area contributed by atoms with E-state index in [1.54, 1.807) is 4.68 Å². The van der Waals surface area contributed by atoms with E-state index >= 15 is 0 Å². The van der Waals surface area contributed by atoms with Gasteiger partial charge in [-0.25, -0.2) is 0 Å².